The summed E-state index contributed by atoms with van der Waals surface area (Å²) >= 11 is 0. The molecule has 0 radical (unpaired) electrons. The van der Waals surface area contributed by atoms with Crippen molar-refractivity contribution in [1.82, 2.24) is 4.90 Å². The molecule has 3 rings (SSSR count). The lowest BCUT2D eigenvalue weighted by atomic mass is 10.1. The second kappa shape index (κ2) is 5.16. The van der Waals surface area contributed by atoms with Crippen molar-refractivity contribution in [2.75, 3.05) is 32.9 Å². The van der Waals surface area contributed by atoms with Crippen molar-refractivity contribution < 1.29 is 14.2 Å². The molecule has 0 aromatic heterocycles. The minimum absolute atomic E-state index is 0.0954. The Morgan fingerprint density at radius 3 is 2.67 bits per heavy atom. The van der Waals surface area contributed by atoms with Gasteiger partial charge in [-0.05, 0) is 19.1 Å². The number of hydrogen-bond acceptors (Lipinski definition) is 4. The van der Waals surface area contributed by atoms with Gasteiger partial charge >= 0.3 is 0 Å². The molecule has 18 heavy (non-hydrogen) atoms. The van der Waals surface area contributed by atoms with Gasteiger partial charge in [-0.25, -0.2) is 0 Å². The van der Waals surface area contributed by atoms with Crippen LogP contribution >= 0.6 is 0 Å². The monoisotopic (exact) mass is 249 g/mol. The number of ether oxygens (including phenoxy) is 3. The van der Waals surface area contributed by atoms with Crippen LogP contribution in [0.1, 0.15) is 6.92 Å². The molecule has 1 fully saturated rings. The fourth-order valence-electron chi connectivity index (χ4n) is 2.49. The maximum Gasteiger partial charge on any atom is 0.161 e. The summed E-state index contributed by atoms with van der Waals surface area (Å²) in [5, 5.41) is 0. The van der Waals surface area contributed by atoms with E-state index < -0.39 is 0 Å². The van der Waals surface area contributed by atoms with Crippen LogP contribution in [0.15, 0.2) is 24.3 Å². The molecule has 0 amide bonds. The number of hydrogen-bond donors (Lipinski definition) is 0. The molecule has 2 aliphatic rings. The standard InChI is InChI=1S/C14H19NO3/c1-11(15-6-8-16-9-7-15)14-10-17-12-4-2-3-5-13(12)18-14/h2-5,11,14H,6-10H2,1H3/t11-,14-/m0/s1. The zero-order valence-electron chi connectivity index (χ0n) is 10.7. The highest BCUT2D eigenvalue weighted by atomic mass is 16.6. The number of morpholine rings is 1. The molecule has 1 saturated heterocycles. The predicted octanol–water partition coefficient (Wildman–Crippen LogP) is 1.55. The van der Waals surface area contributed by atoms with E-state index >= 15 is 0 Å². The van der Waals surface area contributed by atoms with E-state index in [2.05, 4.69) is 11.8 Å². The minimum atomic E-state index is 0.0954. The summed E-state index contributed by atoms with van der Waals surface area (Å²) in [6.07, 6.45) is 0.0954. The highest BCUT2D eigenvalue weighted by molar-refractivity contribution is 5.40. The molecule has 0 spiro atoms. The number of para-hydroxylation sites is 2. The third-order valence-electron chi connectivity index (χ3n) is 3.69. The van der Waals surface area contributed by atoms with Gasteiger partial charge in [0.1, 0.15) is 12.7 Å². The molecule has 4 nitrogen and oxygen atoms in total. The van der Waals surface area contributed by atoms with E-state index in [1.165, 1.54) is 0 Å². The lowest BCUT2D eigenvalue weighted by Gasteiger charge is -2.38. The summed E-state index contributed by atoms with van der Waals surface area (Å²) in [5.41, 5.74) is 0. The molecular formula is C14H19NO3. The Morgan fingerprint density at radius 2 is 1.89 bits per heavy atom. The molecule has 2 aliphatic heterocycles. The summed E-state index contributed by atoms with van der Waals surface area (Å²) in [6, 6.07) is 8.21. The van der Waals surface area contributed by atoms with Crippen LogP contribution in [0.4, 0.5) is 0 Å². The fourth-order valence-corrected chi connectivity index (χ4v) is 2.49. The quantitative estimate of drug-likeness (QED) is 0.795. The van der Waals surface area contributed by atoms with Crippen LogP contribution in [0.3, 0.4) is 0 Å². The minimum Gasteiger partial charge on any atom is -0.486 e. The van der Waals surface area contributed by atoms with Crippen LogP contribution in [0, 0.1) is 0 Å². The second-order valence-corrected chi connectivity index (χ2v) is 4.80. The van der Waals surface area contributed by atoms with E-state index in [0.717, 1.165) is 37.8 Å². The Labute approximate surface area is 107 Å². The second-order valence-electron chi connectivity index (χ2n) is 4.80. The van der Waals surface area contributed by atoms with Gasteiger partial charge in [0, 0.05) is 19.1 Å². The first-order valence-electron chi connectivity index (χ1n) is 6.55. The zero-order chi connectivity index (χ0) is 12.4. The van der Waals surface area contributed by atoms with Crippen LogP contribution in [-0.2, 0) is 4.74 Å². The van der Waals surface area contributed by atoms with Crippen molar-refractivity contribution in [3.05, 3.63) is 24.3 Å². The van der Waals surface area contributed by atoms with Gasteiger partial charge in [0.2, 0.25) is 0 Å². The molecule has 4 heteroatoms. The summed E-state index contributed by atoms with van der Waals surface area (Å²) in [6.45, 7) is 6.40. The van der Waals surface area contributed by atoms with E-state index in [9.17, 15) is 0 Å². The Balaban J connectivity index is 1.67. The van der Waals surface area contributed by atoms with E-state index in [4.69, 9.17) is 14.2 Å². The largest absolute Gasteiger partial charge is 0.486 e. The van der Waals surface area contributed by atoms with Crippen molar-refractivity contribution in [1.29, 1.82) is 0 Å². The van der Waals surface area contributed by atoms with Gasteiger partial charge in [0.15, 0.2) is 11.5 Å². The molecule has 1 aromatic carbocycles. The van der Waals surface area contributed by atoms with Crippen molar-refractivity contribution in [2.24, 2.45) is 0 Å². The molecule has 1 aromatic rings. The Bertz CT molecular complexity index is 404. The molecule has 0 saturated carbocycles. The van der Waals surface area contributed by atoms with Gasteiger partial charge < -0.3 is 14.2 Å². The first-order valence-corrected chi connectivity index (χ1v) is 6.55. The topological polar surface area (TPSA) is 30.9 Å². The normalized spacial score (nSPS) is 25.7. The Hall–Kier alpha value is -1.26. The van der Waals surface area contributed by atoms with Gasteiger partial charge in [-0.15, -0.1) is 0 Å². The van der Waals surface area contributed by atoms with Crippen molar-refractivity contribution in [3.63, 3.8) is 0 Å². The highest BCUT2D eigenvalue weighted by Gasteiger charge is 2.30. The first kappa shape index (κ1) is 11.8. The number of nitrogens with zero attached hydrogens (tertiary/aromatic N) is 1. The Kier molecular flexibility index (Phi) is 3.39. The van der Waals surface area contributed by atoms with Gasteiger partial charge in [0.05, 0.1) is 13.2 Å². The van der Waals surface area contributed by atoms with Crippen LogP contribution in [0.5, 0.6) is 11.5 Å². The molecule has 0 unspecified atom stereocenters. The van der Waals surface area contributed by atoms with Crippen molar-refractivity contribution >= 4 is 0 Å². The lowest BCUT2D eigenvalue weighted by Crippen LogP contribution is -2.51. The van der Waals surface area contributed by atoms with Crippen LogP contribution in [0.25, 0.3) is 0 Å². The number of rotatable bonds is 2. The molecule has 0 bridgehead atoms. The molecular weight excluding hydrogens is 230 g/mol. The maximum atomic E-state index is 6.04. The third kappa shape index (κ3) is 2.31. The number of benzene rings is 1. The molecule has 0 aliphatic carbocycles. The zero-order valence-corrected chi connectivity index (χ0v) is 10.7. The van der Waals surface area contributed by atoms with Gasteiger partial charge in [0.25, 0.3) is 0 Å². The molecule has 2 heterocycles. The summed E-state index contributed by atoms with van der Waals surface area (Å²) in [4.78, 5) is 2.41. The molecule has 98 valence electrons. The van der Waals surface area contributed by atoms with Gasteiger partial charge in [-0.2, -0.15) is 0 Å². The van der Waals surface area contributed by atoms with E-state index in [-0.39, 0.29) is 6.10 Å². The van der Waals surface area contributed by atoms with Crippen molar-refractivity contribution in [3.8, 4) is 11.5 Å². The van der Waals surface area contributed by atoms with Crippen LogP contribution in [-0.4, -0.2) is 50.0 Å². The smallest absolute Gasteiger partial charge is 0.161 e. The maximum absolute atomic E-state index is 6.04. The average Bonchev–Trinajstić information content (AvgIpc) is 2.47. The molecule has 0 N–H and O–H groups in total. The first-order chi connectivity index (χ1) is 8.84. The van der Waals surface area contributed by atoms with Crippen LogP contribution < -0.4 is 9.47 Å². The van der Waals surface area contributed by atoms with Crippen LogP contribution in [0.2, 0.25) is 0 Å². The summed E-state index contributed by atoms with van der Waals surface area (Å²) in [7, 11) is 0. The predicted molar refractivity (Wildman–Crippen MR) is 68.2 cm³/mol. The number of fused-ring (bicyclic) bond motifs is 1. The van der Waals surface area contributed by atoms with Gasteiger partial charge in [-0.3, -0.25) is 4.90 Å². The molecule has 2 atom stereocenters. The van der Waals surface area contributed by atoms with E-state index in [1.54, 1.807) is 0 Å². The highest BCUT2D eigenvalue weighted by Crippen LogP contribution is 2.32. The van der Waals surface area contributed by atoms with Crippen molar-refractivity contribution in [2.45, 2.75) is 19.1 Å². The van der Waals surface area contributed by atoms with E-state index in [1.807, 2.05) is 24.3 Å². The fraction of sp³-hybridized carbons (Fsp3) is 0.571. The van der Waals surface area contributed by atoms with E-state index in [0.29, 0.717) is 12.6 Å². The summed E-state index contributed by atoms with van der Waals surface area (Å²) < 4.78 is 17.2. The third-order valence-corrected chi connectivity index (χ3v) is 3.69. The summed E-state index contributed by atoms with van der Waals surface area (Å²) in [5.74, 6) is 1.71. The SMILES string of the molecule is C[C@@H]([C@@H]1COc2ccccc2O1)N1CCOCC1. The lowest BCUT2D eigenvalue weighted by molar-refractivity contribution is -0.0280. The Morgan fingerprint density at radius 1 is 1.17 bits per heavy atom. The van der Waals surface area contributed by atoms with Gasteiger partial charge in [-0.1, -0.05) is 12.1 Å². The average molecular weight is 249 g/mol.